The second-order valence-corrected chi connectivity index (χ2v) is 5.69. The quantitative estimate of drug-likeness (QED) is 0.894. The van der Waals surface area contributed by atoms with E-state index in [-0.39, 0.29) is 0 Å². The van der Waals surface area contributed by atoms with Gasteiger partial charge in [0.1, 0.15) is 5.82 Å². The predicted octanol–water partition coefficient (Wildman–Crippen LogP) is 3.34. The van der Waals surface area contributed by atoms with Gasteiger partial charge in [-0.2, -0.15) is 0 Å². The van der Waals surface area contributed by atoms with Crippen LogP contribution in [0.2, 0.25) is 0 Å². The molecule has 2 aromatic rings. The highest BCUT2D eigenvalue weighted by atomic mass is 79.9. The molecule has 1 heterocycles. The lowest BCUT2D eigenvalue weighted by Crippen LogP contribution is -2.09. The first-order chi connectivity index (χ1) is 8.67. The summed E-state index contributed by atoms with van der Waals surface area (Å²) < 4.78 is 4.09. The molecule has 0 radical (unpaired) electrons. The zero-order valence-electron chi connectivity index (χ0n) is 10.0. The van der Waals surface area contributed by atoms with Crippen LogP contribution in [0.1, 0.15) is 19.2 Å². The van der Waals surface area contributed by atoms with Gasteiger partial charge in [-0.15, -0.1) is 10.2 Å². The molecular weight excluding hydrogens is 360 g/mol. The molecule has 1 aromatic heterocycles. The van der Waals surface area contributed by atoms with Crippen molar-refractivity contribution in [2.75, 3.05) is 0 Å². The molecule has 0 atom stereocenters. The van der Waals surface area contributed by atoms with Crippen molar-refractivity contribution in [2.24, 2.45) is 5.73 Å². The van der Waals surface area contributed by atoms with Crippen LogP contribution in [0.3, 0.4) is 0 Å². The second-order valence-electron chi connectivity index (χ2n) is 3.92. The van der Waals surface area contributed by atoms with E-state index in [1.807, 2.05) is 18.2 Å². The summed E-state index contributed by atoms with van der Waals surface area (Å²) in [5, 5.41) is 8.40. The van der Waals surface area contributed by atoms with E-state index in [2.05, 4.69) is 53.5 Å². The van der Waals surface area contributed by atoms with E-state index in [0.717, 1.165) is 39.1 Å². The summed E-state index contributed by atoms with van der Waals surface area (Å²) >= 11 is 7.00. The topological polar surface area (TPSA) is 56.7 Å². The summed E-state index contributed by atoms with van der Waals surface area (Å²) in [7, 11) is 0. The Bertz CT molecular complexity index is 551. The molecule has 1 aromatic carbocycles. The summed E-state index contributed by atoms with van der Waals surface area (Å²) in [5.41, 5.74) is 6.72. The van der Waals surface area contributed by atoms with E-state index < -0.39 is 0 Å². The van der Waals surface area contributed by atoms with Crippen molar-refractivity contribution in [3.63, 3.8) is 0 Å². The third kappa shape index (κ3) is 2.65. The van der Waals surface area contributed by atoms with Crippen LogP contribution in [0.15, 0.2) is 27.1 Å². The maximum atomic E-state index is 5.69. The van der Waals surface area contributed by atoms with Gasteiger partial charge in [0.2, 0.25) is 0 Å². The molecule has 18 heavy (non-hydrogen) atoms. The van der Waals surface area contributed by atoms with E-state index in [9.17, 15) is 0 Å². The number of hydrogen-bond acceptors (Lipinski definition) is 3. The molecule has 6 heteroatoms. The molecule has 2 rings (SSSR count). The fourth-order valence-electron chi connectivity index (χ4n) is 1.81. The van der Waals surface area contributed by atoms with Crippen LogP contribution in [0, 0.1) is 0 Å². The van der Waals surface area contributed by atoms with Gasteiger partial charge < -0.3 is 10.3 Å². The van der Waals surface area contributed by atoms with Gasteiger partial charge in [0, 0.05) is 21.1 Å². The fourth-order valence-corrected chi connectivity index (χ4v) is 3.04. The van der Waals surface area contributed by atoms with Gasteiger partial charge in [-0.1, -0.05) is 22.9 Å². The van der Waals surface area contributed by atoms with Crippen molar-refractivity contribution >= 4 is 31.9 Å². The summed E-state index contributed by atoms with van der Waals surface area (Å²) in [4.78, 5) is 0. The minimum Gasteiger partial charge on any atom is -0.324 e. The lowest BCUT2D eigenvalue weighted by atomic mass is 10.2. The first-order valence-electron chi connectivity index (χ1n) is 5.75. The van der Waals surface area contributed by atoms with Crippen LogP contribution in [0.5, 0.6) is 0 Å². The fraction of sp³-hybridized carbons (Fsp3) is 0.333. The van der Waals surface area contributed by atoms with Crippen molar-refractivity contribution in [1.29, 1.82) is 0 Å². The van der Waals surface area contributed by atoms with Crippen molar-refractivity contribution in [2.45, 2.75) is 26.4 Å². The average Bonchev–Trinajstić information content (AvgIpc) is 2.73. The molecule has 96 valence electrons. The van der Waals surface area contributed by atoms with E-state index in [1.54, 1.807) is 0 Å². The zero-order valence-corrected chi connectivity index (χ0v) is 13.2. The Labute approximate surface area is 123 Å². The third-order valence-electron chi connectivity index (χ3n) is 2.63. The molecule has 0 spiro atoms. The molecule has 0 aliphatic heterocycles. The maximum Gasteiger partial charge on any atom is 0.165 e. The Balaban J connectivity index is 2.52. The smallest absolute Gasteiger partial charge is 0.165 e. The highest BCUT2D eigenvalue weighted by Gasteiger charge is 2.14. The van der Waals surface area contributed by atoms with Crippen LogP contribution in [0.4, 0.5) is 0 Å². The average molecular weight is 374 g/mol. The molecular formula is C12H14Br2N4. The van der Waals surface area contributed by atoms with E-state index in [1.165, 1.54) is 0 Å². The predicted molar refractivity (Wildman–Crippen MR) is 79.0 cm³/mol. The summed E-state index contributed by atoms with van der Waals surface area (Å²) in [6.45, 7) is 3.40. The Hall–Kier alpha value is -0.720. The molecule has 4 nitrogen and oxygen atoms in total. The molecule has 0 aliphatic carbocycles. The second kappa shape index (κ2) is 5.95. The van der Waals surface area contributed by atoms with Gasteiger partial charge in [0.05, 0.1) is 6.54 Å². The lowest BCUT2D eigenvalue weighted by molar-refractivity contribution is 0.644. The van der Waals surface area contributed by atoms with Gasteiger partial charge >= 0.3 is 0 Å². The Morgan fingerprint density at radius 3 is 2.67 bits per heavy atom. The maximum absolute atomic E-state index is 5.69. The molecule has 2 N–H and O–H groups in total. The standard InChI is InChI=1S/C12H14Br2N4/c1-2-5-18-11(7-15)16-17-12(18)9-4-3-8(13)6-10(9)14/h3-4,6H,2,5,7,15H2,1H3. The minimum absolute atomic E-state index is 0.404. The van der Waals surface area contributed by atoms with Crippen LogP contribution in [0.25, 0.3) is 11.4 Å². The first-order valence-corrected chi connectivity index (χ1v) is 7.33. The van der Waals surface area contributed by atoms with E-state index in [4.69, 9.17) is 5.73 Å². The van der Waals surface area contributed by atoms with Gasteiger partial charge in [-0.25, -0.2) is 0 Å². The van der Waals surface area contributed by atoms with Crippen LogP contribution >= 0.6 is 31.9 Å². The number of benzene rings is 1. The molecule has 0 saturated carbocycles. The Kier molecular flexibility index (Phi) is 4.53. The molecule has 0 amide bonds. The highest BCUT2D eigenvalue weighted by Crippen LogP contribution is 2.30. The van der Waals surface area contributed by atoms with E-state index in [0.29, 0.717) is 6.54 Å². The van der Waals surface area contributed by atoms with Crippen molar-refractivity contribution in [3.8, 4) is 11.4 Å². The molecule has 0 fully saturated rings. The Morgan fingerprint density at radius 2 is 2.06 bits per heavy atom. The molecule has 0 unspecified atom stereocenters. The van der Waals surface area contributed by atoms with Gasteiger partial charge in [-0.3, -0.25) is 0 Å². The Morgan fingerprint density at radius 1 is 1.28 bits per heavy atom. The van der Waals surface area contributed by atoms with E-state index >= 15 is 0 Å². The van der Waals surface area contributed by atoms with Crippen molar-refractivity contribution in [1.82, 2.24) is 14.8 Å². The SMILES string of the molecule is CCCn1c(CN)nnc1-c1ccc(Br)cc1Br. The summed E-state index contributed by atoms with van der Waals surface area (Å²) in [6.07, 6.45) is 1.02. The largest absolute Gasteiger partial charge is 0.324 e. The highest BCUT2D eigenvalue weighted by molar-refractivity contribution is 9.11. The molecule has 0 aliphatic rings. The summed E-state index contributed by atoms with van der Waals surface area (Å²) in [5.74, 6) is 1.68. The number of nitrogens with two attached hydrogens (primary N) is 1. The summed E-state index contributed by atoms with van der Waals surface area (Å²) in [6, 6.07) is 6.01. The number of hydrogen-bond donors (Lipinski definition) is 1. The zero-order chi connectivity index (χ0) is 13.1. The monoisotopic (exact) mass is 372 g/mol. The number of halogens is 2. The number of aromatic nitrogens is 3. The number of nitrogens with zero attached hydrogens (tertiary/aromatic N) is 3. The van der Waals surface area contributed by atoms with Crippen LogP contribution in [-0.2, 0) is 13.1 Å². The minimum atomic E-state index is 0.404. The normalized spacial score (nSPS) is 10.9. The third-order valence-corrected chi connectivity index (χ3v) is 3.78. The molecule has 0 bridgehead atoms. The van der Waals surface area contributed by atoms with Gasteiger partial charge in [-0.05, 0) is 40.5 Å². The van der Waals surface area contributed by atoms with Crippen molar-refractivity contribution < 1.29 is 0 Å². The first kappa shape index (κ1) is 13.7. The van der Waals surface area contributed by atoms with Gasteiger partial charge in [0.15, 0.2) is 5.82 Å². The van der Waals surface area contributed by atoms with Crippen LogP contribution < -0.4 is 5.73 Å². The van der Waals surface area contributed by atoms with Crippen LogP contribution in [-0.4, -0.2) is 14.8 Å². The molecule has 0 saturated heterocycles. The van der Waals surface area contributed by atoms with Crippen molar-refractivity contribution in [3.05, 3.63) is 33.0 Å². The lowest BCUT2D eigenvalue weighted by Gasteiger charge is -2.09. The number of rotatable bonds is 4. The van der Waals surface area contributed by atoms with Gasteiger partial charge in [0.25, 0.3) is 0 Å².